The quantitative estimate of drug-likeness (QED) is 0.752. The molecule has 3 heterocycles. The Bertz CT molecular complexity index is 471. The van der Waals surface area contributed by atoms with E-state index in [1.165, 1.54) is 0 Å². The number of ether oxygens (including phenoxy) is 1. The second kappa shape index (κ2) is 4.47. The van der Waals surface area contributed by atoms with Crippen LogP contribution in [0.2, 0.25) is 0 Å². The highest BCUT2D eigenvalue weighted by Crippen LogP contribution is 2.37. The Morgan fingerprint density at radius 1 is 1.28 bits per heavy atom. The van der Waals surface area contributed by atoms with Crippen LogP contribution in [0.5, 0.6) is 0 Å². The number of fused-ring (bicyclic) bond motifs is 2. The maximum Gasteiger partial charge on any atom is 0.184 e. The summed E-state index contributed by atoms with van der Waals surface area (Å²) in [5, 5.41) is 0. The number of hydrogen-bond donors (Lipinski definition) is 0. The van der Waals surface area contributed by atoms with Gasteiger partial charge in [0.15, 0.2) is 5.78 Å². The van der Waals surface area contributed by atoms with E-state index in [1.807, 2.05) is 19.9 Å². The van der Waals surface area contributed by atoms with Gasteiger partial charge in [0.2, 0.25) is 0 Å². The first-order valence-corrected chi connectivity index (χ1v) is 6.76. The number of carbonyl (C=O) groups is 1. The molecule has 2 unspecified atom stereocenters. The van der Waals surface area contributed by atoms with Crippen LogP contribution in [0.1, 0.15) is 47.3 Å². The summed E-state index contributed by atoms with van der Waals surface area (Å²) in [6.07, 6.45) is 6.40. The van der Waals surface area contributed by atoms with Gasteiger partial charge in [-0.1, -0.05) is 6.07 Å². The molecule has 1 aromatic rings. The molecule has 2 atom stereocenters. The predicted molar refractivity (Wildman–Crippen MR) is 68.7 cm³/mol. The van der Waals surface area contributed by atoms with E-state index >= 15 is 0 Å². The molecule has 2 fully saturated rings. The molecule has 0 radical (unpaired) electrons. The largest absolute Gasteiger partial charge is 0.375 e. The van der Waals surface area contributed by atoms with Crippen molar-refractivity contribution in [3.8, 4) is 0 Å². The number of aryl methyl sites for hydroxylation is 2. The van der Waals surface area contributed by atoms with E-state index in [0.29, 0.717) is 17.9 Å². The van der Waals surface area contributed by atoms with E-state index in [2.05, 4.69) is 4.98 Å². The Morgan fingerprint density at radius 3 is 2.56 bits per heavy atom. The van der Waals surface area contributed by atoms with Crippen LogP contribution < -0.4 is 0 Å². The fourth-order valence-electron chi connectivity index (χ4n) is 3.24. The fraction of sp³-hybridized carbons (Fsp3) is 0.600. The maximum absolute atomic E-state index is 12.5. The van der Waals surface area contributed by atoms with Crippen LogP contribution in [-0.4, -0.2) is 23.0 Å². The molecule has 2 aliphatic rings. The molecule has 3 rings (SSSR count). The third-order valence-corrected chi connectivity index (χ3v) is 4.11. The molecule has 0 aliphatic carbocycles. The highest BCUT2D eigenvalue weighted by atomic mass is 16.5. The van der Waals surface area contributed by atoms with Crippen molar-refractivity contribution in [1.82, 2.24) is 4.98 Å². The second-order valence-electron chi connectivity index (χ2n) is 5.67. The van der Waals surface area contributed by atoms with Gasteiger partial charge in [-0.2, -0.15) is 0 Å². The molecule has 18 heavy (non-hydrogen) atoms. The van der Waals surface area contributed by atoms with Crippen molar-refractivity contribution in [3.63, 3.8) is 0 Å². The molecule has 0 spiro atoms. The van der Waals surface area contributed by atoms with Crippen LogP contribution in [0.25, 0.3) is 0 Å². The van der Waals surface area contributed by atoms with E-state index in [1.54, 1.807) is 6.20 Å². The van der Waals surface area contributed by atoms with E-state index in [4.69, 9.17) is 4.74 Å². The van der Waals surface area contributed by atoms with E-state index < -0.39 is 0 Å². The lowest BCUT2D eigenvalue weighted by atomic mass is 9.88. The maximum atomic E-state index is 12.5. The van der Waals surface area contributed by atoms with Crippen molar-refractivity contribution >= 4 is 5.78 Å². The van der Waals surface area contributed by atoms with Gasteiger partial charge in [0, 0.05) is 12.1 Å². The molecule has 0 N–H and O–H groups in total. The number of rotatable bonds is 2. The van der Waals surface area contributed by atoms with Gasteiger partial charge in [-0.3, -0.25) is 9.78 Å². The Balaban J connectivity index is 1.82. The molecule has 3 heteroatoms. The number of aromatic nitrogens is 1. The molecular weight excluding hydrogens is 226 g/mol. The monoisotopic (exact) mass is 245 g/mol. The van der Waals surface area contributed by atoms with E-state index in [9.17, 15) is 4.79 Å². The van der Waals surface area contributed by atoms with Gasteiger partial charge in [-0.05, 0) is 50.7 Å². The summed E-state index contributed by atoms with van der Waals surface area (Å²) in [6.45, 7) is 3.98. The van der Waals surface area contributed by atoms with Gasteiger partial charge in [-0.15, -0.1) is 0 Å². The lowest BCUT2D eigenvalue weighted by Gasteiger charge is -2.27. The van der Waals surface area contributed by atoms with Crippen molar-refractivity contribution in [1.29, 1.82) is 0 Å². The molecule has 3 nitrogen and oxygen atoms in total. The second-order valence-corrected chi connectivity index (χ2v) is 5.67. The van der Waals surface area contributed by atoms with Gasteiger partial charge in [0.25, 0.3) is 0 Å². The summed E-state index contributed by atoms with van der Waals surface area (Å²) >= 11 is 0. The Morgan fingerprint density at radius 2 is 1.94 bits per heavy atom. The Hall–Kier alpha value is -1.22. The molecule has 0 amide bonds. The third-order valence-electron chi connectivity index (χ3n) is 4.11. The van der Waals surface area contributed by atoms with Crippen molar-refractivity contribution in [2.45, 2.75) is 51.7 Å². The lowest BCUT2D eigenvalue weighted by molar-refractivity contribution is -0.0150. The molecule has 96 valence electrons. The minimum Gasteiger partial charge on any atom is -0.375 e. The van der Waals surface area contributed by atoms with Crippen LogP contribution in [0.4, 0.5) is 0 Å². The summed E-state index contributed by atoms with van der Waals surface area (Å²) in [5.74, 6) is 0.331. The standard InChI is InChI=1S/C15H19NO2/c1-9-5-10(2)14(16-8-9)15(17)11-6-12-3-4-13(7-11)18-12/h5,8,11-13H,3-4,6-7H2,1-2H3. The summed E-state index contributed by atoms with van der Waals surface area (Å²) in [6, 6.07) is 2.04. The lowest BCUT2D eigenvalue weighted by Crippen LogP contribution is -2.30. The van der Waals surface area contributed by atoms with Crippen molar-refractivity contribution in [2.24, 2.45) is 5.92 Å². The Labute approximate surface area is 108 Å². The van der Waals surface area contributed by atoms with Crippen molar-refractivity contribution < 1.29 is 9.53 Å². The smallest absolute Gasteiger partial charge is 0.184 e. The zero-order chi connectivity index (χ0) is 12.7. The SMILES string of the molecule is Cc1cnc(C(=O)C2CC3CCC(C2)O3)c(C)c1. The fourth-order valence-corrected chi connectivity index (χ4v) is 3.24. The number of ketones is 1. The first-order chi connectivity index (χ1) is 8.63. The highest BCUT2D eigenvalue weighted by molar-refractivity contribution is 5.97. The number of Topliss-reactive ketones (excluding diaryl/α,β-unsaturated/α-hetero) is 1. The van der Waals surface area contributed by atoms with Crippen LogP contribution in [0.15, 0.2) is 12.3 Å². The number of nitrogens with zero attached hydrogens (tertiary/aromatic N) is 1. The summed E-state index contributed by atoms with van der Waals surface area (Å²) in [7, 11) is 0. The zero-order valence-corrected chi connectivity index (χ0v) is 11.0. The van der Waals surface area contributed by atoms with Gasteiger partial charge < -0.3 is 4.74 Å². The van der Waals surface area contributed by atoms with Crippen molar-refractivity contribution in [2.75, 3.05) is 0 Å². The van der Waals surface area contributed by atoms with Crippen molar-refractivity contribution in [3.05, 3.63) is 29.1 Å². The van der Waals surface area contributed by atoms with Gasteiger partial charge >= 0.3 is 0 Å². The topological polar surface area (TPSA) is 39.2 Å². The minimum atomic E-state index is 0.116. The first kappa shape index (κ1) is 11.8. The summed E-state index contributed by atoms with van der Waals surface area (Å²) in [4.78, 5) is 16.9. The molecule has 0 aromatic carbocycles. The van der Waals surface area contributed by atoms with E-state index in [-0.39, 0.29) is 11.7 Å². The molecular formula is C15H19NO2. The molecule has 2 aliphatic heterocycles. The number of hydrogen-bond acceptors (Lipinski definition) is 3. The number of pyridine rings is 1. The predicted octanol–water partition coefficient (Wildman–Crippen LogP) is 2.84. The molecule has 2 saturated heterocycles. The van der Waals surface area contributed by atoms with Crippen LogP contribution in [-0.2, 0) is 4.74 Å². The summed E-state index contributed by atoms with van der Waals surface area (Å²) in [5.41, 5.74) is 2.77. The number of carbonyl (C=O) groups excluding carboxylic acids is 1. The minimum absolute atomic E-state index is 0.116. The van der Waals surface area contributed by atoms with E-state index in [0.717, 1.165) is 36.8 Å². The summed E-state index contributed by atoms with van der Waals surface area (Å²) < 4.78 is 5.79. The third kappa shape index (κ3) is 2.07. The molecule has 0 saturated carbocycles. The zero-order valence-electron chi connectivity index (χ0n) is 11.0. The Kier molecular flexibility index (Phi) is 2.94. The average molecular weight is 245 g/mol. The highest BCUT2D eigenvalue weighted by Gasteiger charge is 2.38. The molecule has 1 aromatic heterocycles. The van der Waals surface area contributed by atoms with Crippen LogP contribution in [0, 0.1) is 19.8 Å². The van der Waals surface area contributed by atoms with Gasteiger partial charge in [0.1, 0.15) is 5.69 Å². The normalized spacial score (nSPS) is 30.4. The van der Waals surface area contributed by atoms with Gasteiger partial charge in [0.05, 0.1) is 12.2 Å². The van der Waals surface area contributed by atoms with Gasteiger partial charge in [-0.25, -0.2) is 0 Å². The van der Waals surface area contributed by atoms with Crippen LogP contribution in [0.3, 0.4) is 0 Å². The van der Waals surface area contributed by atoms with Crippen LogP contribution >= 0.6 is 0 Å². The molecule has 2 bridgehead atoms. The first-order valence-electron chi connectivity index (χ1n) is 6.76. The average Bonchev–Trinajstić information content (AvgIpc) is 2.67.